The first-order valence-electron chi connectivity index (χ1n) is 5.38. The van der Waals surface area contributed by atoms with Gasteiger partial charge in [0.25, 0.3) is 0 Å². The lowest BCUT2D eigenvalue weighted by Gasteiger charge is -2.10. The fourth-order valence-electron chi connectivity index (χ4n) is 1.84. The van der Waals surface area contributed by atoms with E-state index in [4.69, 9.17) is 10.4 Å². The molecule has 1 N–H and O–H groups in total. The molecule has 1 aromatic carbocycles. The topological polar surface area (TPSA) is 61.1 Å². The van der Waals surface area contributed by atoms with Crippen LogP contribution in [0.4, 0.5) is 0 Å². The van der Waals surface area contributed by atoms with E-state index in [1.165, 1.54) is 0 Å². The number of carboxylic acids is 1. The molecule has 1 aromatic rings. The summed E-state index contributed by atoms with van der Waals surface area (Å²) in [5.41, 5.74) is 3.26. The predicted molar refractivity (Wildman–Crippen MR) is 61.3 cm³/mol. The predicted octanol–water partition coefficient (Wildman–Crippen LogP) is 2.31. The normalized spacial score (nSPS) is 9.81. The van der Waals surface area contributed by atoms with Crippen molar-refractivity contribution >= 4 is 5.97 Å². The summed E-state index contributed by atoms with van der Waals surface area (Å²) in [6.07, 6.45) is 1.49. The average molecular weight is 217 g/mol. The zero-order chi connectivity index (χ0) is 12.1. The van der Waals surface area contributed by atoms with Crippen molar-refractivity contribution in [2.45, 2.75) is 33.1 Å². The Bertz CT molecular complexity index is 444. The van der Waals surface area contributed by atoms with E-state index in [9.17, 15) is 4.79 Å². The number of carboxylic acid groups (broad SMARTS) is 1. The van der Waals surface area contributed by atoms with Crippen molar-refractivity contribution in [3.63, 3.8) is 0 Å². The molecular formula is C13H15NO2. The molecule has 0 saturated heterocycles. The number of aliphatic carboxylic acids is 1. The van der Waals surface area contributed by atoms with Crippen LogP contribution in [0.2, 0.25) is 0 Å². The van der Waals surface area contributed by atoms with E-state index < -0.39 is 5.97 Å². The van der Waals surface area contributed by atoms with Crippen LogP contribution in [0.15, 0.2) is 12.1 Å². The van der Waals surface area contributed by atoms with Crippen LogP contribution in [0.3, 0.4) is 0 Å². The molecule has 1 rings (SSSR count). The number of hydrogen-bond donors (Lipinski definition) is 1. The van der Waals surface area contributed by atoms with E-state index in [0.717, 1.165) is 23.1 Å². The van der Waals surface area contributed by atoms with Gasteiger partial charge in [0.2, 0.25) is 0 Å². The van der Waals surface area contributed by atoms with Crippen molar-refractivity contribution in [2.24, 2.45) is 0 Å². The number of rotatable bonds is 4. The third-order valence-electron chi connectivity index (χ3n) is 2.63. The molecule has 0 heterocycles. The average Bonchev–Trinajstić information content (AvgIpc) is 2.27. The van der Waals surface area contributed by atoms with Crippen molar-refractivity contribution in [3.8, 4) is 6.07 Å². The first kappa shape index (κ1) is 12.3. The summed E-state index contributed by atoms with van der Waals surface area (Å²) in [6, 6.07) is 5.89. The van der Waals surface area contributed by atoms with E-state index in [1.807, 2.05) is 26.0 Å². The van der Waals surface area contributed by atoms with Gasteiger partial charge in [-0.05, 0) is 35.6 Å². The molecule has 0 aliphatic rings. The van der Waals surface area contributed by atoms with Gasteiger partial charge >= 0.3 is 5.97 Å². The van der Waals surface area contributed by atoms with Crippen molar-refractivity contribution < 1.29 is 9.90 Å². The lowest BCUT2D eigenvalue weighted by molar-refractivity contribution is -0.136. The largest absolute Gasteiger partial charge is 0.481 e. The molecule has 84 valence electrons. The highest BCUT2D eigenvalue weighted by Crippen LogP contribution is 2.19. The molecule has 0 radical (unpaired) electrons. The number of benzene rings is 1. The molecule has 0 bridgehead atoms. The highest BCUT2D eigenvalue weighted by atomic mass is 16.4. The second-order valence-electron chi connectivity index (χ2n) is 3.67. The van der Waals surface area contributed by atoms with E-state index in [1.54, 1.807) is 0 Å². The molecule has 0 unspecified atom stereocenters. The Kier molecular flexibility index (Phi) is 4.07. The zero-order valence-corrected chi connectivity index (χ0v) is 9.58. The Balaban J connectivity index is 3.32. The minimum atomic E-state index is -0.855. The van der Waals surface area contributed by atoms with Crippen LogP contribution in [0.1, 0.15) is 36.1 Å². The Morgan fingerprint density at radius 3 is 2.50 bits per heavy atom. The third kappa shape index (κ3) is 2.60. The molecular weight excluding hydrogens is 202 g/mol. The minimum absolute atomic E-state index is 0.00824. The van der Waals surface area contributed by atoms with Crippen molar-refractivity contribution in [2.75, 3.05) is 0 Å². The number of carbonyl (C=O) groups is 1. The minimum Gasteiger partial charge on any atom is -0.481 e. The SMILES string of the molecule is CCc1cc(C#N)c(CC)c(CC(=O)O)c1. The van der Waals surface area contributed by atoms with Gasteiger partial charge in [0.15, 0.2) is 0 Å². The van der Waals surface area contributed by atoms with E-state index >= 15 is 0 Å². The highest BCUT2D eigenvalue weighted by Gasteiger charge is 2.11. The Morgan fingerprint density at radius 2 is 2.06 bits per heavy atom. The molecule has 0 saturated carbocycles. The molecule has 0 aliphatic carbocycles. The van der Waals surface area contributed by atoms with Gasteiger partial charge in [-0.2, -0.15) is 5.26 Å². The second kappa shape index (κ2) is 5.32. The van der Waals surface area contributed by atoms with Gasteiger partial charge in [-0.3, -0.25) is 4.79 Å². The maximum Gasteiger partial charge on any atom is 0.307 e. The summed E-state index contributed by atoms with van der Waals surface area (Å²) in [7, 11) is 0. The first-order valence-corrected chi connectivity index (χ1v) is 5.38. The van der Waals surface area contributed by atoms with Crippen LogP contribution in [0.5, 0.6) is 0 Å². The Morgan fingerprint density at radius 1 is 1.38 bits per heavy atom. The summed E-state index contributed by atoms with van der Waals surface area (Å²) in [6.45, 7) is 3.93. The van der Waals surface area contributed by atoms with Gasteiger partial charge < -0.3 is 5.11 Å². The second-order valence-corrected chi connectivity index (χ2v) is 3.67. The van der Waals surface area contributed by atoms with Crippen LogP contribution in [-0.2, 0) is 24.1 Å². The standard InChI is InChI=1S/C13H15NO2/c1-3-9-5-10(7-13(15)16)12(4-2)11(6-9)8-14/h5-6H,3-4,7H2,1-2H3,(H,15,16). The van der Waals surface area contributed by atoms with Crippen LogP contribution in [0.25, 0.3) is 0 Å². The van der Waals surface area contributed by atoms with Crippen LogP contribution < -0.4 is 0 Å². The van der Waals surface area contributed by atoms with Crippen molar-refractivity contribution in [1.82, 2.24) is 0 Å². The zero-order valence-electron chi connectivity index (χ0n) is 9.58. The fraction of sp³-hybridized carbons (Fsp3) is 0.385. The summed E-state index contributed by atoms with van der Waals surface area (Å²) in [5, 5.41) is 17.9. The molecule has 3 nitrogen and oxygen atoms in total. The van der Waals surface area contributed by atoms with Gasteiger partial charge in [0, 0.05) is 0 Å². The molecule has 3 heteroatoms. The summed E-state index contributed by atoms with van der Waals surface area (Å²) >= 11 is 0. The fourth-order valence-corrected chi connectivity index (χ4v) is 1.84. The van der Waals surface area contributed by atoms with E-state index in [-0.39, 0.29) is 6.42 Å². The van der Waals surface area contributed by atoms with Gasteiger partial charge in [-0.1, -0.05) is 19.9 Å². The highest BCUT2D eigenvalue weighted by molar-refractivity contribution is 5.71. The molecule has 0 spiro atoms. The van der Waals surface area contributed by atoms with Gasteiger partial charge in [-0.25, -0.2) is 0 Å². The maximum absolute atomic E-state index is 10.8. The number of nitrogens with zero attached hydrogens (tertiary/aromatic N) is 1. The van der Waals surface area contributed by atoms with Crippen LogP contribution in [-0.4, -0.2) is 11.1 Å². The first-order chi connectivity index (χ1) is 7.62. The summed E-state index contributed by atoms with van der Waals surface area (Å²) in [4.78, 5) is 10.8. The Hall–Kier alpha value is -1.82. The molecule has 0 fully saturated rings. The molecule has 0 aliphatic heterocycles. The lowest BCUT2D eigenvalue weighted by atomic mass is 9.94. The number of hydrogen-bond acceptors (Lipinski definition) is 2. The van der Waals surface area contributed by atoms with Crippen LogP contribution in [0, 0.1) is 11.3 Å². The number of aryl methyl sites for hydroxylation is 1. The molecule has 0 atom stereocenters. The lowest BCUT2D eigenvalue weighted by Crippen LogP contribution is -2.06. The number of nitriles is 1. The van der Waals surface area contributed by atoms with Crippen molar-refractivity contribution in [1.29, 1.82) is 5.26 Å². The molecule has 0 aromatic heterocycles. The van der Waals surface area contributed by atoms with Gasteiger partial charge in [-0.15, -0.1) is 0 Å². The maximum atomic E-state index is 10.8. The molecule has 0 amide bonds. The van der Waals surface area contributed by atoms with E-state index in [2.05, 4.69) is 6.07 Å². The smallest absolute Gasteiger partial charge is 0.307 e. The summed E-state index contributed by atoms with van der Waals surface area (Å²) < 4.78 is 0. The van der Waals surface area contributed by atoms with Crippen molar-refractivity contribution in [3.05, 3.63) is 34.4 Å². The molecule has 16 heavy (non-hydrogen) atoms. The van der Waals surface area contributed by atoms with Gasteiger partial charge in [0.05, 0.1) is 18.1 Å². The van der Waals surface area contributed by atoms with E-state index in [0.29, 0.717) is 12.0 Å². The van der Waals surface area contributed by atoms with Crippen LogP contribution >= 0.6 is 0 Å². The van der Waals surface area contributed by atoms with Gasteiger partial charge in [0.1, 0.15) is 0 Å². The summed E-state index contributed by atoms with van der Waals surface area (Å²) in [5.74, 6) is -0.855. The monoisotopic (exact) mass is 217 g/mol. The Labute approximate surface area is 95.3 Å². The quantitative estimate of drug-likeness (QED) is 0.841. The third-order valence-corrected chi connectivity index (χ3v) is 2.63.